The second kappa shape index (κ2) is 7.11. The molecule has 1 heterocycles. The first-order valence-electron chi connectivity index (χ1n) is 7.33. The van der Waals surface area contributed by atoms with Crippen molar-refractivity contribution in [1.82, 2.24) is 4.31 Å². The van der Waals surface area contributed by atoms with E-state index in [2.05, 4.69) is 0 Å². The van der Waals surface area contributed by atoms with E-state index in [0.717, 1.165) is 12.8 Å². The van der Waals surface area contributed by atoms with Crippen LogP contribution >= 0.6 is 0 Å². The van der Waals surface area contributed by atoms with Gasteiger partial charge in [-0.05, 0) is 50.5 Å². The highest BCUT2D eigenvalue weighted by atomic mass is 32.2. The van der Waals surface area contributed by atoms with Gasteiger partial charge in [0.2, 0.25) is 10.0 Å². The molecule has 1 saturated heterocycles. The van der Waals surface area contributed by atoms with E-state index in [-0.39, 0.29) is 11.5 Å². The normalized spacial score (nSPS) is 19.6. The van der Waals surface area contributed by atoms with Crippen molar-refractivity contribution < 1.29 is 22.7 Å². The van der Waals surface area contributed by atoms with Crippen molar-refractivity contribution in [2.75, 3.05) is 20.3 Å². The molecule has 122 valence electrons. The monoisotopic (exact) mass is 327 g/mol. The van der Waals surface area contributed by atoms with E-state index < -0.39 is 22.0 Å². The van der Waals surface area contributed by atoms with Gasteiger partial charge in [0.1, 0.15) is 11.8 Å². The molecule has 1 aliphatic rings. The van der Waals surface area contributed by atoms with Crippen molar-refractivity contribution in [1.29, 1.82) is 0 Å². The molecule has 1 aromatic carbocycles. The van der Waals surface area contributed by atoms with Gasteiger partial charge in [-0.25, -0.2) is 8.42 Å². The number of hydrogen-bond donors (Lipinski definition) is 0. The molecule has 7 heteroatoms. The van der Waals surface area contributed by atoms with Crippen LogP contribution in [0.25, 0.3) is 0 Å². The number of piperidine rings is 1. The summed E-state index contributed by atoms with van der Waals surface area (Å²) in [6.45, 7) is 2.28. The Balaban J connectivity index is 2.29. The lowest BCUT2D eigenvalue weighted by molar-refractivity contribution is -0.148. The molecule has 6 nitrogen and oxygen atoms in total. The van der Waals surface area contributed by atoms with Crippen molar-refractivity contribution in [3.05, 3.63) is 24.3 Å². The average molecular weight is 327 g/mol. The first-order chi connectivity index (χ1) is 10.5. The molecule has 22 heavy (non-hydrogen) atoms. The summed E-state index contributed by atoms with van der Waals surface area (Å²) in [5.74, 6) is 0.110. The minimum atomic E-state index is -3.72. The van der Waals surface area contributed by atoms with Crippen LogP contribution in [0.3, 0.4) is 0 Å². The minimum Gasteiger partial charge on any atom is -0.497 e. The van der Waals surface area contributed by atoms with Crippen molar-refractivity contribution in [2.45, 2.75) is 37.1 Å². The molecule has 0 bridgehead atoms. The molecule has 0 spiro atoms. The summed E-state index contributed by atoms with van der Waals surface area (Å²) in [7, 11) is -2.20. The van der Waals surface area contributed by atoms with E-state index in [1.165, 1.54) is 23.5 Å². The first-order valence-corrected chi connectivity index (χ1v) is 8.77. The summed E-state index contributed by atoms with van der Waals surface area (Å²) in [6.07, 6.45) is 2.05. The van der Waals surface area contributed by atoms with Gasteiger partial charge < -0.3 is 9.47 Å². The molecule has 1 aliphatic heterocycles. The highest BCUT2D eigenvalue weighted by Gasteiger charge is 2.38. The average Bonchev–Trinajstić information content (AvgIpc) is 2.55. The van der Waals surface area contributed by atoms with Gasteiger partial charge in [-0.15, -0.1) is 0 Å². The summed E-state index contributed by atoms with van der Waals surface area (Å²) in [5.41, 5.74) is 0. The van der Waals surface area contributed by atoms with E-state index in [9.17, 15) is 13.2 Å². The lowest BCUT2D eigenvalue weighted by Gasteiger charge is -2.32. The largest absolute Gasteiger partial charge is 0.497 e. The fraction of sp³-hybridized carbons (Fsp3) is 0.533. The Morgan fingerprint density at radius 3 is 2.55 bits per heavy atom. The molecule has 0 aliphatic carbocycles. The van der Waals surface area contributed by atoms with Gasteiger partial charge in [0, 0.05) is 6.54 Å². The van der Waals surface area contributed by atoms with Crippen LogP contribution in [0, 0.1) is 0 Å². The Labute approximate surface area is 131 Å². The minimum absolute atomic E-state index is 0.157. The van der Waals surface area contributed by atoms with Crippen molar-refractivity contribution in [3.63, 3.8) is 0 Å². The first kappa shape index (κ1) is 16.8. The fourth-order valence-electron chi connectivity index (χ4n) is 2.55. The third-order valence-corrected chi connectivity index (χ3v) is 5.60. The quantitative estimate of drug-likeness (QED) is 0.771. The number of sulfonamides is 1. The van der Waals surface area contributed by atoms with Gasteiger partial charge >= 0.3 is 5.97 Å². The van der Waals surface area contributed by atoms with E-state index >= 15 is 0 Å². The van der Waals surface area contributed by atoms with Crippen LogP contribution in [0.1, 0.15) is 26.2 Å². The topological polar surface area (TPSA) is 72.9 Å². The number of esters is 1. The van der Waals surface area contributed by atoms with Crippen molar-refractivity contribution >= 4 is 16.0 Å². The van der Waals surface area contributed by atoms with E-state index in [4.69, 9.17) is 9.47 Å². The Hall–Kier alpha value is -1.60. The molecule has 0 radical (unpaired) electrons. The van der Waals surface area contributed by atoms with Crippen LogP contribution in [0.4, 0.5) is 0 Å². The predicted molar refractivity (Wildman–Crippen MR) is 81.2 cm³/mol. The molecule has 0 amide bonds. The maximum atomic E-state index is 12.8. The SMILES string of the molecule is CCOC(=O)C1CCCCN1S(=O)(=O)c1ccc(OC)cc1. The molecule has 2 rings (SSSR count). The van der Waals surface area contributed by atoms with E-state index in [0.29, 0.717) is 18.7 Å². The summed E-state index contributed by atoms with van der Waals surface area (Å²) in [5, 5.41) is 0. The van der Waals surface area contributed by atoms with Gasteiger partial charge in [0.15, 0.2) is 0 Å². The van der Waals surface area contributed by atoms with Gasteiger partial charge in [0.05, 0.1) is 18.6 Å². The lowest BCUT2D eigenvalue weighted by Crippen LogP contribution is -2.48. The van der Waals surface area contributed by atoms with Gasteiger partial charge in [-0.2, -0.15) is 4.31 Å². The Bertz CT molecular complexity index is 611. The Morgan fingerprint density at radius 2 is 1.95 bits per heavy atom. The van der Waals surface area contributed by atoms with Crippen LogP contribution < -0.4 is 4.74 Å². The summed E-state index contributed by atoms with van der Waals surface area (Å²) in [4.78, 5) is 12.2. The molecule has 0 aromatic heterocycles. The highest BCUT2D eigenvalue weighted by molar-refractivity contribution is 7.89. The van der Waals surface area contributed by atoms with Crippen LogP contribution in [-0.2, 0) is 19.6 Å². The molecule has 0 saturated carbocycles. The second-order valence-corrected chi connectivity index (χ2v) is 6.95. The number of ether oxygens (including phenoxy) is 2. The molecule has 1 aromatic rings. The summed E-state index contributed by atoms with van der Waals surface area (Å²) < 4.78 is 36.9. The second-order valence-electron chi connectivity index (χ2n) is 5.05. The maximum absolute atomic E-state index is 12.8. The summed E-state index contributed by atoms with van der Waals surface area (Å²) in [6, 6.07) is 5.43. The number of carbonyl (C=O) groups excluding carboxylic acids is 1. The van der Waals surface area contributed by atoms with E-state index in [1.54, 1.807) is 19.1 Å². The van der Waals surface area contributed by atoms with Gasteiger partial charge in [-0.1, -0.05) is 0 Å². The molecule has 0 N–H and O–H groups in total. The van der Waals surface area contributed by atoms with E-state index in [1.807, 2.05) is 0 Å². The van der Waals surface area contributed by atoms with Crippen molar-refractivity contribution in [2.24, 2.45) is 0 Å². The van der Waals surface area contributed by atoms with Crippen LogP contribution in [0.2, 0.25) is 0 Å². The third kappa shape index (κ3) is 3.41. The smallest absolute Gasteiger partial charge is 0.324 e. The number of methoxy groups -OCH3 is 1. The fourth-order valence-corrected chi connectivity index (χ4v) is 4.20. The van der Waals surface area contributed by atoms with Crippen LogP contribution in [-0.4, -0.2) is 45.0 Å². The number of nitrogens with zero attached hydrogens (tertiary/aromatic N) is 1. The lowest BCUT2D eigenvalue weighted by atomic mass is 10.1. The Kier molecular flexibility index (Phi) is 5.42. The predicted octanol–water partition coefficient (Wildman–Crippen LogP) is 1.80. The maximum Gasteiger partial charge on any atom is 0.324 e. The zero-order chi connectivity index (χ0) is 16.2. The zero-order valence-electron chi connectivity index (χ0n) is 12.8. The van der Waals surface area contributed by atoms with Crippen LogP contribution in [0.5, 0.6) is 5.75 Å². The number of hydrogen-bond acceptors (Lipinski definition) is 5. The van der Waals surface area contributed by atoms with Gasteiger partial charge in [-0.3, -0.25) is 4.79 Å². The number of benzene rings is 1. The Morgan fingerprint density at radius 1 is 1.27 bits per heavy atom. The molecular formula is C15H21NO5S. The number of rotatable bonds is 5. The summed E-state index contributed by atoms with van der Waals surface area (Å²) >= 11 is 0. The van der Waals surface area contributed by atoms with Crippen molar-refractivity contribution in [3.8, 4) is 5.75 Å². The number of carbonyl (C=O) groups is 1. The standard InChI is InChI=1S/C15H21NO5S/c1-3-21-15(17)14-6-4-5-11-16(14)22(18,19)13-9-7-12(20-2)8-10-13/h7-10,14H,3-6,11H2,1-2H3. The zero-order valence-corrected chi connectivity index (χ0v) is 13.6. The molecule has 1 unspecified atom stereocenters. The highest BCUT2D eigenvalue weighted by Crippen LogP contribution is 2.27. The van der Waals surface area contributed by atoms with Crippen LogP contribution in [0.15, 0.2) is 29.2 Å². The molecule has 1 fully saturated rings. The molecule has 1 atom stereocenters. The van der Waals surface area contributed by atoms with Gasteiger partial charge in [0.25, 0.3) is 0 Å². The third-order valence-electron chi connectivity index (χ3n) is 3.68. The molecular weight excluding hydrogens is 306 g/mol.